The zero-order valence-corrected chi connectivity index (χ0v) is 11.2. The van der Waals surface area contributed by atoms with Gasteiger partial charge in [0.25, 0.3) is 5.91 Å². The Hall–Kier alpha value is -1.26. The molecule has 0 radical (unpaired) electrons. The molecular weight excluding hydrogens is 254 g/mol. The molecule has 0 N–H and O–H groups in total. The second-order valence-corrected chi connectivity index (χ2v) is 4.10. The van der Waals surface area contributed by atoms with Crippen LogP contribution in [0.1, 0.15) is 0 Å². The van der Waals surface area contributed by atoms with Crippen LogP contribution in [0.4, 0.5) is 0 Å². The number of nitrogens with zero attached hydrogens (tertiary/aromatic N) is 1. The van der Waals surface area contributed by atoms with Crippen LogP contribution < -0.4 is 4.74 Å². The van der Waals surface area contributed by atoms with E-state index < -0.39 is 0 Å². The van der Waals surface area contributed by atoms with Crippen molar-refractivity contribution < 1.29 is 14.3 Å². The average molecular weight is 272 g/mol. The van der Waals surface area contributed by atoms with Gasteiger partial charge in [-0.1, -0.05) is 18.2 Å². The standard InChI is InChI=1S/C13H18ClNO3/c1-15(8-10-17-9-7-14)13(16)11-18-12-5-3-2-4-6-12/h2-6H,7-11H2,1H3. The molecule has 0 aliphatic carbocycles. The van der Waals surface area contributed by atoms with Crippen molar-refractivity contribution in [2.45, 2.75) is 0 Å². The monoisotopic (exact) mass is 271 g/mol. The van der Waals surface area contributed by atoms with Crippen LogP contribution in [0.2, 0.25) is 0 Å². The van der Waals surface area contributed by atoms with Gasteiger partial charge >= 0.3 is 0 Å². The third-order valence-corrected chi connectivity index (χ3v) is 2.48. The largest absolute Gasteiger partial charge is 0.484 e. The number of rotatable bonds is 8. The first-order chi connectivity index (χ1) is 8.74. The van der Waals surface area contributed by atoms with Gasteiger partial charge < -0.3 is 14.4 Å². The van der Waals surface area contributed by atoms with Gasteiger partial charge in [-0.05, 0) is 12.1 Å². The molecule has 18 heavy (non-hydrogen) atoms. The van der Waals surface area contributed by atoms with Crippen LogP contribution >= 0.6 is 11.6 Å². The van der Waals surface area contributed by atoms with Crippen molar-refractivity contribution in [3.8, 4) is 5.75 Å². The highest BCUT2D eigenvalue weighted by Gasteiger charge is 2.08. The minimum absolute atomic E-state index is 0.0377. The molecule has 0 fully saturated rings. The van der Waals surface area contributed by atoms with Crippen LogP contribution in [0.25, 0.3) is 0 Å². The maximum atomic E-state index is 11.7. The number of halogens is 1. The molecule has 0 bridgehead atoms. The summed E-state index contributed by atoms with van der Waals surface area (Å²) in [6.07, 6.45) is 0. The first-order valence-electron chi connectivity index (χ1n) is 5.79. The molecule has 1 aromatic carbocycles. The van der Waals surface area contributed by atoms with Crippen molar-refractivity contribution in [3.05, 3.63) is 30.3 Å². The Balaban J connectivity index is 2.19. The second-order valence-electron chi connectivity index (χ2n) is 3.72. The minimum atomic E-state index is -0.0756. The average Bonchev–Trinajstić information content (AvgIpc) is 2.42. The lowest BCUT2D eigenvalue weighted by Crippen LogP contribution is -2.34. The van der Waals surface area contributed by atoms with Gasteiger partial charge in [-0.3, -0.25) is 4.79 Å². The summed E-state index contributed by atoms with van der Waals surface area (Å²) < 4.78 is 10.6. The first-order valence-corrected chi connectivity index (χ1v) is 6.33. The van der Waals surface area contributed by atoms with E-state index in [1.54, 1.807) is 11.9 Å². The number of hydrogen-bond donors (Lipinski definition) is 0. The topological polar surface area (TPSA) is 38.8 Å². The lowest BCUT2D eigenvalue weighted by molar-refractivity contribution is -0.132. The van der Waals surface area contributed by atoms with E-state index in [0.717, 1.165) is 0 Å². The third-order valence-electron chi connectivity index (χ3n) is 2.32. The number of hydrogen-bond acceptors (Lipinski definition) is 3. The molecule has 0 aromatic heterocycles. The van der Waals surface area contributed by atoms with Gasteiger partial charge in [0.05, 0.1) is 13.2 Å². The van der Waals surface area contributed by atoms with Gasteiger partial charge in [0.2, 0.25) is 0 Å². The van der Waals surface area contributed by atoms with E-state index >= 15 is 0 Å². The maximum Gasteiger partial charge on any atom is 0.260 e. The van der Waals surface area contributed by atoms with Gasteiger partial charge in [0.1, 0.15) is 5.75 Å². The summed E-state index contributed by atoms with van der Waals surface area (Å²) in [4.78, 5) is 13.3. The molecule has 0 aliphatic rings. The summed E-state index contributed by atoms with van der Waals surface area (Å²) in [6.45, 7) is 1.56. The van der Waals surface area contributed by atoms with Gasteiger partial charge in [0, 0.05) is 19.5 Å². The maximum absolute atomic E-state index is 11.7. The fourth-order valence-corrected chi connectivity index (χ4v) is 1.36. The van der Waals surface area contributed by atoms with Crippen molar-refractivity contribution in [1.29, 1.82) is 0 Å². The van der Waals surface area contributed by atoms with Crippen molar-refractivity contribution in [3.63, 3.8) is 0 Å². The zero-order chi connectivity index (χ0) is 13.2. The van der Waals surface area contributed by atoms with Gasteiger partial charge in [-0.25, -0.2) is 0 Å². The molecule has 0 saturated carbocycles. The summed E-state index contributed by atoms with van der Waals surface area (Å²) in [5, 5.41) is 0. The number of likely N-dealkylation sites (N-methyl/N-ethyl adjacent to an activating group) is 1. The van der Waals surface area contributed by atoms with Gasteiger partial charge in [0.15, 0.2) is 6.61 Å². The summed E-state index contributed by atoms with van der Waals surface area (Å²) in [7, 11) is 1.72. The molecule has 0 atom stereocenters. The molecule has 0 unspecified atom stereocenters. The highest BCUT2D eigenvalue weighted by molar-refractivity contribution is 6.17. The smallest absolute Gasteiger partial charge is 0.260 e. The van der Waals surface area contributed by atoms with E-state index in [2.05, 4.69) is 0 Å². The third kappa shape index (κ3) is 5.89. The van der Waals surface area contributed by atoms with Crippen LogP contribution in [0, 0.1) is 0 Å². The van der Waals surface area contributed by atoms with Crippen molar-refractivity contribution in [2.24, 2.45) is 0 Å². The Morgan fingerprint density at radius 1 is 1.28 bits per heavy atom. The number of carbonyl (C=O) groups is 1. The Morgan fingerprint density at radius 3 is 2.67 bits per heavy atom. The van der Waals surface area contributed by atoms with E-state index in [4.69, 9.17) is 21.1 Å². The molecule has 5 heteroatoms. The summed E-state index contributed by atoms with van der Waals surface area (Å²) in [5.74, 6) is 1.08. The number of alkyl halides is 1. The first kappa shape index (κ1) is 14.8. The normalized spacial score (nSPS) is 10.1. The molecule has 4 nitrogen and oxygen atoms in total. The molecule has 0 spiro atoms. The Morgan fingerprint density at radius 2 is 2.00 bits per heavy atom. The molecule has 100 valence electrons. The van der Waals surface area contributed by atoms with E-state index in [-0.39, 0.29) is 12.5 Å². The quantitative estimate of drug-likeness (QED) is 0.534. The number of para-hydroxylation sites is 1. The molecule has 0 aliphatic heterocycles. The Bertz CT molecular complexity index is 345. The van der Waals surface area contributed by atoms with E-state index in [0.29, 0.717) is 31.4 Å². The molecule has 0 heterocycles. The Kier molecular flexibility index (Phi) is 7.22. The van der Waals surface area contributed by atoms with E-state index in [1.165, 1.54) is 0 Å². The van der Waals surface area contributed by atoms with Crippen molar-refractivity contribution in [1.82, 2.24) is 4.90 Å². The minimum Gasteiger partial charge on any atom is -0.484 e. The predicted molar refractivity (Wildman–Crippen MR) is 71.1 cm³/mol. The molecule has 0 saturated heterocycles. The van der Waals surface area contributed by atoms with Crippen LogP contribution in [-0.2, 0) is 9.53 Å². The lowest BCUT2D eigenvalue weighted by atomic mass is 10.3. The summed E-state index contributed by atoms with van der Waals surface area (Å²) in [6, 6.07) is 9.26. The molecule has 1 amide bonds. The van der Waals surface area contributed by atoms with Crippen LogP contribution in [0.15, 0.2) is 30.3 Å². The second kappa shape index (κ2) is 8.78. The number of ether oxygens (including phenoxy) is 2. The molecule has 1 rings (SSSR count). The summed E-state index contributed by atoms with van der Waals surface area (Å²) in [5.41, 5.74) is 0. The predicted octanol–water partition coefficient (Wildman–Crippen LogP) is 1.78. The highest BCUT2D eigenvalue weighted by Crippen LogP contribution is 2.07. The fourth-order valence-electron chi connectivity index (χ4n) is 1.25. The van der Waals surface area contributed by atoms with Crippen molar-refractivity contribution >= 4 is 17.5 Å². The van der Waals surface area contributed by atoms with Crippen LogP contribution in [0.5, 0.6) is 5.75 Å². The highest BCUT2D eigenvalue weighted by atomic mass is 35.5. The SMILES string of the molecule is CN(CCOCCCl)C(=O)COc1ccccc1. The zero-order valence-electron chi connectivity index (χ0n) is 10.5. The summed E-state index contributed by atoms with van der Waals surface area (Å²) >= 11 is 5.47. The molecular formula is C13H18ClNO3. The van der Waals surface area contributed by atoms with Gasteiger partial charge in [-0.15, -0.1) is 11.6 Å². The van der Waals surface area contributed by atoms with Crippen molar-refractivity contribution in [2.75, 3.05) is 39.3 Å². The van der Waals surface area contributed by atoms with E-state index in [9.17, 15) is 4.79 Å². The number of carbonyl (C=O) groups excluding carboxylic acids is 1. The number of amides is 1. The number of benzene rings is 1. The van der Waals surface area contributed by atoms with Gasteiger partial charge in [-0.2, -0.15) is 0 Å². The Labute approximate surface area is 112 Å². The fraction of sp³-hybridized carbons (Fsp3) is 0.462. The van der Waals surface area contributed by atoms with Crippen LogP contribution in [-0.4, -0.2) is 50.1 Å². The van der Waals surface area contributed by atoms with Crippen LogP contribution in [0.3, 0.4) is 0 Å². The van der Waals surface area contributed by atoms with E-state index in [1.807, 2.05) is 30.3 Å². The lowest BCUT2D eigenvalue weighted by Gasteiger charge is -2.17. The molecule has 1 aromatic rings.